The first kappa shape index (κ1) is 22.0. The van der Waals surface area contributed by atoms with Crippen LogP contribution in [0.2, 0.25) is 0 Å². The molecule has 0 atom stereocenters. The molecule has 0 saturated heterocycles. The highest BCUT2D eigenvalue weighted by Gasteiger charge is 2.14. The molecule has 166 valence electrons. The monoisotopic (exact) mass is 438 g/mol. The number of hydrogen-bond donors (Lipinski definition) is 2. The molecular weight excluding hydrogens is 412 g/mol. The van der Waals surface area contributed by atoms with Crippen LogP contribution in [0.25, 0.3) is 11.3 Å². The quantitative estimate of drug-likeness (QED) is 0.420. The molecule has 2 N–H and O–H groups in total. The van der Waals surface area contributed by atoms with Gasteiger partial charge in [0.2, 0.25) is 5.91 Å². The fourth-order valence-corrected chi connectivity index (χ4v) is 3.57. The molecule has 0 aliphatic heterocycles. The lowest BCUT2D eigenvalue weighted by Gasteiger charge is -2.10. The minimum absolute atomic E-state index is 0.161. The summed E-state index contributed by atoms with van der Waals surface area (Å²) in [7, 11) is 0. The van der Waals surface area contributed by atoms with Crippen LogP contribution in [0.3, 0.4) is 0 Å². The average molecular weight is 439 g/mol. The normalized spacial score (nSPS) is 10.6. The van der Waals surface area contributed by atoms with Crippen molar-refractivity contribution in [2.24, 2.45) is 0 Å². The summed E-state index contributed by atoms with van der Waals surface area (Å²) >= 11 is 0. The SMILES string of the molecule is Cc1ccccc1-c1cc(NC(=O)CCNC(=O)c2ccccc2)n(Cc2ccccc2)n1. The molecule has 6 nitrogen and oxygen atoms in total. The Hall–Kier alpha value is -4.19. The van der Waals surface area contributed by atoms with Crippen LogP contribution in [-0.2, 0) is 11.3 Å². The van der Waals surface area contributed by atoms with E-state index in [2.05, 4.69) is 10.6 Å². The Bertz CT molecular complexity index is 1230. The Morgan fingerprint density at radius 1 is 0.879 bits per heavy atom. The summed E-state index contributed by atoms with van der Waals surface area (Å²) in [5.41, 5.74) is 4.60. The van der Waals surface area contributed by atoms with Gasteiger partial charge in [0.05, 0.1) is 12.2 Å². The molecule has 33 heavy (non-hydrogen) atoms. The lowest BCUT2D eigenvalue weighted by molar-refractivity contribution is -0.116. The van der Waals surface area contributed by atoms with Gasteiger partial charge in [-0.1, -0.05) is 72.8 Å². The first-order chi connectivity index (χ1) is 16.1. The van der Waals surface area contributed by atoms with Gasteiger partial charge in [-0.25, -0.2) is 4.68 Å². The molecule has 0 unspecified atom stereocenters. The fourth-order valence-electron chi connectivity index (χ4n) is 3.57. The molecule has 1 aromatic heterocycles. The van der Waals surface area contributed by atoms with Gasteiger partial charge in [0.1, 0.15) is 5.82 Å². The third kappa shape index (κ3) is 5.74. The summed E-state index contributed by atoms with van der Waals surface area (Å²) in [5.74, 6) is 0.241. The lowest BCUT2D eigenvalue weighted by atomic mass is 10.1. The second kappa shape index (κ2) is 10.4. The Kier molecular flexibility index (Phi) is 6.95. The topological polar surface area (TPSA) is 76.0 Å². The molecule has 0 fully saturated rings. The molecule has 0 saturated carbocycles. The highest BCUT2D eigenvalue weighted by molar-refractivity contribution is 5.95. The number of nitrogens with zero attached hydrogens (tertiary/aromatic N) is 2. The van der Waals surface area contributed by atoms with E-state index in [1.165, 1.54) is 0 Å². The number of anilines is 1. The van der Waals surface area contributed by atoms with E-state index in [1.807, 2.05) is 85.8 Å². The number of nitrogens with one attached hydrogen (secondary N) is 2. The van der Waals surface area contributed by atoms with E-state index in [0.29, 0.717) is 17.9 Å². The molecule has 6 heteroatoms. The van der Waals surface area contributed by atoms with Crippen LogP contribution in [0.4, 0.5) is 5.82 Å². The van der Waals surface area contributed by atoms with E-state index < -0.39 is 0 Å². The van der Waals surface area contributed by atoms with Crippen LogP contribution >= 0.6 is 0 Å². The van der Waals surface area contributed by atoms with Gasteiger partial charge in [0, 0.05) is 30.2 Å². The summed E-state index contributed by atoms with van der Waals surface area (Å²) in [6, 6.07) is 28.9. The second-order valence-electron chi connectivity index (χ2n) is 7.79. The Balaban J connectivity index is 1.46. The van der Waals surface area contributed by atoms with E-state index in [1.54, 1.807) is 16.8 Å². The predicted molar refractivity (Wildman–Crippen MR) is 130 cm³/mol. The Morgan fingerprint density at radius 3 is 2.27 bits per heavy atom. The first-order valence-electron chi connectivity index (χ1n) is 10.9. The van der Waals surface area contributed by atoms with Crippen molar-refractivity contribution in [1.82, 2.24) is 15.1 Å². The Morgan fingerprint density at radius 2 is 1.55 bits per heavy atom. The van der Waals surface area contributed by atoms with Gasteiger partial charge in [-0.2, -0.15) is 5.10 Å². The van der Waals surface area contributed by atoms with Crippen LogP contribution in [-0.4, -0.2) is 28.1 Å². The minimum atomic E-state index is -0.195. The van der Waals surface area contributed by atoms with Crippen molar-refractivity contribution >= 4 is 17.6 Å². The molecule has 0 aliphatic carbocycles. The predicted octanol–water partition coefficient (Wildman–Crippen LogP) is 4.67. The standard InChI is InChI=1S/C27H26N4O2/c1-20-10-8-9-15-23(20)24-18-25(31(30-24)19-21-11-4-2-5-12-21)29-26(32)16-17-28-27(33)22-13-6-3-7-14-22/h2-15,18H,16-17,19H2,1H3,(H,28,33)(H,29,32). The average Bonchev–Trinajstić information content (AvgIpc) is 3.22. The van der Waals surface area contributed by atoms with Crippen molar-refractivity contribution in [2.75, 3.05) is 11.9 Å². The summed E-state index contributed by atoms with van der Waals surface area (Å²) in [4.78, 5) is 24.8. The van der Waals surface area contributed by atoms with Crippen LogP contribution in [0.5, 0.6) is 0 Å². The third-order valence-electron chi connectivity index (χ3n) is 5.32. The number of amides is 2. The van der Waals surface area contributed by atoms with Crippen molar-refractivity contribution < 1.29 is 9.59 Å². The van der Waals surface area contributed by atoms with Gasteiger partial charge in [0.15, 0.2) is 0 Å². The molecule has 0 aliphatic rings. The van der Waals surface area contributed by atoms with Crippen molar-refractivity contribution in [3.63, 3.8) is 0 Å². The number of carbonyl (C=O) groups excluding carboxylic acids is 2. The Labute approximate surface area is 193 Å². The van der Waals surface area contributed by atoms with Gasteiger partial charge < -0.3 is 10.6 Å². The molecule has 4 aromatic rings. The van der Waals surface area contributed by atoms with Gasteiger partial charge in [0.25, 0.3) is 5.91 Å². The maximum atomic E-state index is 12.6. The van der Waals surface area contributed by atoms with Gasteiger partial charge in [-0.3, -0.25) is 9.59 Å². The smallest absolute Gasteiger partial charge is 0.251 e. The number of aromatic nitrogens is 2. The maximum absolute atomic E-state index is 12.6. The zero-order valence-electron chi connectivity index (χ0n) is 18.5. The molecule has 3 aromatic carbocycles. The number of aryl methyl sites for hydroxylation is 1. The largest absolute Gasteiger partial charge is 0.352 e. The van der Waals surface area contributed by atoms with E-state index in [4.69, 9.17) is 5.10 Å². The number of rotatable bonds is 8. The zero-order valence-corrected chi connectivity index (χ0v) is 18.5. The molecule has 0 spiro atoms. The van der Waals surface area contributed by atoms with Crippen LogP contribution in [0.15, 0.2) is 91.0 Å². The summed E-state index contributed by atoms with van der Waals surface area (Å²) in [6.45, 7) is 2.82. The van der Waals surface area contributed by atoms with Gasteiger partial charge in [-0.05, 0) is 30.2 Å². The first-order valence-corrected chi connectivity index (χ1v) is 10.9. The van der Waals surface area contributed by atoms with Gasteiger partial charge >= 0.3 is 0 Å². The molecule has 2 amide bonds. The second-order valence-corrected chi connectivity index (χ2v) is 7.79. The van der Waals surface area contributed by atoms with Crippen LogP contribution in [0.1, 0.15) is 27.9 Å². The summed E-state index contributed by atoms with van der Waals surface area (Å²) in [6.07, 6.45) is 0.161. The van der Waals surface area contributed by atoms with Crippen molar-refractivity contribution in [3.8, 4) is 11.3 Å². The number of hydrogen-bond acceptors (Lipinski definition) is 3. The summed E-state index contributed by atoms with van der Waals surface area (Å²) in [5, 5.41) is 10.5. The number of carbonyl (C=O) groups is 2. The van der Waals surface area contributed by atoms with Gasteiger partial charge in [-0.15, -0.1) is 0 Å². The molecule has 4 rings (SSSR count). The van der Waals surface area contributed by atoms with E-state index in [9.17, 15) is 9.59 Å². The molecule has 0 bridgehead atoms. The summed E-state index contributed by atoms with van der Waals surface area (Å²) < 4.78 is 1.80. The number of benzene rings is 3. The van der Waals surface area contributed by atoms with E-state index in [-0.39, 0.29) is 24.8 Å². The highest BCUT2D eigenvalue weighted by atomic mass is 16.2. The maximum Gasteiger partial charge on any atom is 0.251 e. The zero-order chi connectivity index (χ0) is 23.0. The van der Waals surface area contributed by atoms with Crippen LogP contribution in [0, 0.1) is 6.92 Å². The van der Waals surface area contributed by atoms with E-state index >= 15 is 0 Å². The van der Waals surface area contributed by atoms with E-state index in [0.717, 1.165) is 22.4 Å². The third-order valence-corrected chi connectivity index (χ3v) is 5.32. The van der Waals surface area contributed by atoms with Crippen LogP contribution < -0.4 is 10.6 Å². The molecular formula is C27H26N4O2. The minimum Gasteiger partial charge on any atom is -0.352 e. The van der Waals surface area contributed by atoms with Crippen molar-refractivity contribution in [1.29, 1.82) is 0 Å². The van der Waals surface area contributed by atoms with Crippen molar-refractivity contribution in [3.05, 3.63) is 108 Å². The van der Waals surface area contributed by atoms with Crippen molar-refractivity contribution in [2.45, 2.75) is 19.9 Å². The lowest BCUT2D eigenvalue weighted by Crippen LogP contribution is -2.28. The highest BCUT2D eigenvalue weighted by Crippen LogP contribution is 2.25. The molecule has 1 heterocycles. The fraction of sp³-hybridized carbons (Fsp3) is 0.148. The molecule has 0 radical (unpaired) electrons.